The Balaban J connectivity index is 1.39. The molecule has 0 radical (unpaired) electrons. The van der Waals surface area contributed by atoms with Crippen molar-refractivity contribution in [2.45, 2.75) is 226 Å². The molecule has 0 aliphatic carbocycles. The molecular weight excluding hydrogens is 761 g/mol. The van der Waals surface area contributed by atoms with Gasteiger partial charge in [-0.3, -0.25) is 4.79 Å². The number of aliphatic hydroxyl groups excluding tert-OH is 1. The van der Waals surface area contributed by atoms with Gasteiger partial charge in [0.15, 0.2) is 0 Å². The van der Waals surface area contributed by atoms with Crippen molar-refractivity contribution in [3.63, 3.8) is 0 Å². The Morgan fingerprint density at radius 2 is 0.754 bits per heavy atom. The maximum absolute atomic E-state index is 14.0. The number of aromatic nitrogens is 2. The molecule has 0 amide bonds. The molecule has 0 spiro atoms. The van der Waals surface area contributed by atoms with Crippen molar-refractivity contribution in [1.82, 2.24) is 9.13 Å². The van der Waals surface area contributed by atoms with Gasteiger partial charge in [-0.1, -0.05) is 219 Å². The summed E-state index contributed by atoms with van der Waals surface area (Å²) in [4.78, 5) is 27.4. The molecule has 8 nitrogen and oxygen atoms in total. The van der Waals surface area contributed by atoms with Crippen LogP contribution in [-0.4, -0.2) is 32.6 Å². The molecule has 344 valence electrons. The van der Waals surface area contributed by atoms with E-state index < -0.39 is 23.7 Å². The fraction of sp³-hybridized carbons (Fsp3) is 0.698. The van der Waals surface area contributed by atoms with Gasteiger partial charge in [0.25, 0.3) is 5.56 Å². The van der Waals surface area contributed by atoms with Crippen LogP contribution in [-0.2, 0) is 6.61 Å². The molecule has 0 fully saturated rings. The van der Waals surface area contributed by atoms with Crippen LogP contribution in [0.1, 0.15) is 225 Å². The van der Waals surface area contributed by atoms with Gasteiger partial charge in [0.05, 0.1) is 31.2 Å². The average Bonchev–Trinajstić information content (AvgIpc) is 3.26. The van der Waals surface area contributed by atoms with E-state index in [1.165, 1.54) is 180 Å². The number of hydrogen-bond acceptors (Lipinski definition) is 6. The molecule has 61 heavy (non-hydrogen) atoms. The molecule has 0 aliphatic heterocycles. The van der Waals surface area contributed by atoms with Crippen molar-refractivity contribution in [2.24, 2.45) is 0 Å². The molecule has 0 unspecified atom stereocenters. The highest BCUT2D eigenvalue weighted by atomic mass is 16.5. The maximum Gasteiger partial charge on any atom is 0.343 e. The highest BCUT2D eigenvalue weighted by Gasteiger charge is 2.21. The van der Waals surface area contributed by atoms with Crippen molar-refractivity contribution in [3.8, 4) is 28.8 Å². The Kier molecular flexibility index (Phi) is 28.9. The Morgan fingerprint density at radius 3 is 1.08 bits per heavy atom. The van der Waals surface area contributed by atoms with Gasteiger partial charge in [-0.25, -0.2) is 13.9 Å². The molecule has 3 aromatic rings. The van der Waals surface area contributed by atoms with E-state index in [0.29, 0.717) is 36.1 Å². The second-order valence-corrected chi connectivity index (χ2v) is 17.5. The first-order valence-electron chi connectivity index (χ1n) is 25.2. The van der Waals surface area contributed by atoms with E-state index in [2.05, 4.69) is 13.8 Å². The normalized spacial score (nSPS) is 11.4. The molecular formula is C53H86N2O6. The maximum atomic E-state index is 14.0. The average molecular weight is 847 g/mol. The molecule has 2 N–H and O–H groups in total. The molecule has 0 aliphatic rings. The molecule has 1 heterocycles. The Bertz CT molecular complexity index is 1670. The molecule has 8 heteroatoms. The second kappa shape index (κ2) is 34.0. The fourth-order valence-corrected chi connectivity index (χ4v) is 8.35. The summed E-state index contributed by atoms with van der Waals surface area (Å²) in [6, 6.07) is 13.8. The number of aliphatic hydroxyl groups is 1. The predicted octanol–water partition coefficient (Wildman–Crippen LogP) is 14.5. The first-order chi connectivity index (χ1) is 30.0. The smallest absolute Gasteiger partial charge is 0.343 e. The summed E-state index contributed by atoms with van der Waals surface area (Å²) in [7, 11) is 0. The van der Waals surface area contributed by atoms with Crippen molar-refractivity contribution >= 4 is 0 Å². The van der Waals surface area contributed by atoms with E-state index in [4.69, 9.17) is 9.47 Å². The molecule has 0 bridgehead atoms. The predicted molar refractivity (Wildman–Crippen MR) is 255 cm³/mol. The minimum atomic E-state index is -0.771. The van der Waals surface area contributed by atoms with E-state index in [1.54, 1.807) is 36.4 Å². The molecule has 3 rings (SSSR count). The topological polar surface area (TPSA) is 103 Å². The van der Waals surface area contributed by atoms with E-state index in [0.717, 1.165) is 34.8 Å². The van der Waals surface area contributed by atoms with E-state index in [9.17, 15) is 19.8 Å². The number of rotatable bonds is 39. The lowest BCUT2D eigenvalue weighted by molar-refractivity contribution is 0.268. The van der Waals surface area contributed by atoms with Crippen LogP contribution >= 0.6 is 0 Å². The van der Waals surface area contributed by atoms with Gasteiger partial charge in [0.1, 0.15) is 17.1 Å². The van der Waals surface area contributed by atoms with E-state index >= 15 is 0 Å². The summed E-state index contributed by atoms with van der Waals surface area (Å²) in [5.74, 6) is 0.538. The zero-order valence-corrected chi connectivity index (χ0v) is 38.8. The Labute approximate surface area is 370 Å². The quantitative estimate of drug-likeness (QED) is 0.0554. The van der Waals surface area contributed by atoms with Crippen molar-refractivity contribution in [3.05, 3.63) is 74.9 Å². The first-order valence-corrected chi connectivity index (χ1v) is 25.2. The number of hydrogen-bond donors (Lipinski definition) is 2. The fourth-order valence-electron chi connectivity index (χ4n) is 8.35. The zero-order chi connectivity index (χ0) is 43.6. The lowest BCUT2D eigenvalue weighted by atomic mass is 10.0. The highest BCUT2D eigenvalue weighted by molar-refractivity contribution is 5.45. The summed E-state index contributed by atoms with van der Waals surface area (Å²) < 4.78 is 14.1. The van der Waals surface area contributed by atoms with Gasteiger partial charge in [-0.15, -0.1) is 0 Å². The summed E-state index contributed by atoms with van der Waals surface area (Å²) >= 11 is 0. The van der Waals surface area contributed by atoms with Crippen molar-refractivity contribution < 1.29 is 19.7 Å². The van der Waals surface area contributed by atoms with E-state index in [-0.39, 0.29) is 5.56 Å². The number of unbranched alkanes of at least 4 members (excludes halogenated alkanes) is 30. The SMILES string of the molecule is CCCCCCCCCCCCCCCCCCOc1cccc(-n2c(O)c(CO)c(=O)n(-c3cccc(OCCCCCCCCCCCCCCCCCC)c3)c2=O)c1. The van der Waals surface area contributed by atoms with Crippen LogP contribution in [0.4, 0.5) is 0 Å². The van der Waals surface area contributed by atoms with Crippen molar-refractivity contribution in [1.29, 1.82) is 0 Å². The van der Waals surface area contributed by atoms with Crippen LogP contribution in [0.25, 0.3) is 11.4 Å². The first kappa shape index (κ1) is 51.8. The van der Waals surface area contributed by atoms with Gasteiger partial charge in [-0.05, 0) is 37.1 Å². The Hall–Kier alpha value is -3.52. The van der Waals surface area contributed by atoms with Crippen LogP contribution < -0.4 is 20.7 Å². The second-order valence-electron chi connectivity index (χ2n) is 17.5. The van der Waals surface area contributed by atoms with Gasteiger partial charge < -0.3 is 19.7 Å². The van der Waals surface area contributed by atoms with Crippen LogP contribution in [0.3, 0.4) is 0 Å². The number of ether oxygens (including phenoxy) is 2. The van der Waals surface area contributed by atoms with Gasteiger partial charge in [-0.2, -0.15) is 0 Å². The minimum absolute atomic E-state index is 0.265. The highest BCUT2D eigenvalue weighted by Crippen LogP contribution is 2.24. The minimum Gasteiger partial charge on any atom is -0.494 e. The summed E-state index contributed by atoms with van der Waals surface area (Å²) in [6.45, 7) is 4.92. The lowest BCUT2D eigenvalue weighted by Gasteiger charge is -2.16. The van der Waals surface area contributed by atoms with Crippen LogP contribution in [0.15, 0.2) is 58.1 Å². The van der Waals surface area contributed by atoms with Crippen LogP contribution in [0, 0.1) is 0 Å². The van der Waals surface area contributed by atoms with Crippen LogP contribution in [0.5, 0.6) is 17.4 Å². The lowest BCUT2D eigenvalue weighted by Crippen LogP contribution is -2.40. The third-order valence-corrected chi connectivity index (χ3v) is 12.2. The van der Waals surface area contributed by atoms with Gasteiger partial charge in [0, 0.05) is 12.1 Å². The molecule has 0 saturated heterocycles. The van der Waals surface area contributed by atoms with Gasteiger partial charge >= 0.3 is 5.69 Å². The third-order valence-electron chi connectivity index (χ3n) is 12.2. The monoisotopic (exact) mass is 847 g/mol. The summed E-state index contributed by atoms with van der Waals surface area (Å²) in [5.41, 5.74) is -1.14. The summed E-state index contributed by atoms with van der Waals surface area (Å²) in [6.07, 6.45) is 41.9. The standard InChI is InChI=1S/C53H86N2O6/c1-3-5-7-9-11-13-15-17-19-21-23-25-27-29-31-33-41-60-48-39-35-37-46(43-48)54-51(57)50(45-56)52(58)55(53(54)59)47-38-36-40-49(44-47)61-42-34-32-30-28-26-24-22-20-18-16-14-12-10-8-6-4-2/h35-40,43-44,56-57H,3-34,41-42,45H2,1-2H3. The summed E-state index contributed by atoms with van der Waals surface area (Å²) in [5, 5.41) is 21.2. The molecule has 0 saturated carbocycles. The van der Waals surface area contributed by atoms with E-state index in [1.807, 2.05) is 12.1 Å². The number of aromatic hydroxyl groups is 1. The zero-order valence-electron chi connectivity index (χ0n) is 38.8. The van der Waals surface area contributed by atoms with Crippen LogP contribution in [0.2, 0.25) is 0 Å². The molecule has 2 aromatic carbocycles. The third kappa shape index (κ3) is 21.4. The largest absolute Gasteiger partial charge is 0.494 e. The number of benzene rings is 2. The molecule has 1 aromatic heterocycles. The van der Waals surface area contributed by atoms with Crippen molar-refractivity contribution in [2.75, 3.05) is 13.2 Å². The number of nitrogens with zero attached hydrogens (tertiary/aromatic N) is 2. The van der Waals surface area contributed by atoms with Gasteiger partial charge in [0.2, 0.25) is 5.88 Å². The molecule has 0 atom stereocenters. The Morgan fingerprint density at radius 1 is 0.443 bits per heavy atom.